The molecule has 1 saturated heterocycles. The zero-order valence-corrected chi connectivity index (χ0v) is 9.62. The molecule has 1 fully saturated rings. The van der Waals surface area contributed by atoms with Gasteiger partial charge in [0, 0.05) is 30.0 Å². The predicted molar refractivity (Wildman–Crippen MR) is 58.0 cm³/mol. The van der Waals surface area contributed by atoms with Gasteiger partial charge < -0.3 is 4.90 Å². The van der Waals surface area contributed by atoms with Gasteiger partial charge in [-0.1, -0.05) is 20.8 Å². The maximum Gasteiger partial charge on any atom is 0.222 e. The molecule has 3 heteroatoms. The summed E-state index contributed by atoms with van der Waals surface area (Å²) in [6, 6.07) is 0. The normalized spacial score (nSPS) is 22.5. The van der Waals surface area contributed by atoms with E-state index in [2.05, 4.69) is 13.8 Å². The Morgan fingerprint density at radius 2 is 2.15 bits per heavy atom. The van der Waals surface area contributed by atoms with Crippen LogP contribution in [-0.4, -0.2) is 34.4 Å². The van der Waals surface area contributed by atoms with E-state index in [4.69, 9.17) is 0 Å². The molecule has 1 rings (SSSR count). The molecule has 0 N–H and O–H groups in total. The molecule has 0 saturated carbocycles. The molecule has 1 amide bonds. The average Bonchev–Trinajstić information content (AvgIpc) is 2.25. The van der Waals surface area contributed by atoms with E-state index in [0.29, 0.717) is 17.1 Å². The van der Waals surface area contributed by atoms with Crippen LogP contribution in [0.15, 0.2) is 0 Å². The Labute approximate surface area is 85.1 Å². The molecule has 1 heterocycles. The number of thioether (sulfide) groups is 1. The minimum atomic E-state index is 0.304. The zero-order chi connectivity index (χ0) is 9.90. The molecule has 76 valence electrons. The summed E-state index contributed by atoms with van der Waals surface area (Å²) in [6.07, 6.45) is 1.76. The maximum absolute atomic E-state index is 11.4. The minimum absolute atomic E-state index is 0.304. The highest BCUT2D eigenvalue weighted by Crippen LogP contribution is 2.30. The molecule has 0 unspecified atom stereocenters. The first kappa shape index (κ1) is 10.9. The van der Waals surface area contributed by atoms with E-state index in [9.17, 15) is 4.79 Å². The highest BCUT2D eigenvalue weighted by atomic mass is 32.2. The SMILES string of the molecule is CCC(=O)N1CCSC(C)(C)CC1. The number of carbonyl (C=O) groups excluding carboxylic acids is 1. The quantitative estimate of drug-likeness (QED) is 0.648. The third kappa shape index (κ3) is 3.22. The van der Waals surface area contributed by atoms with Gasteiger partial charge in [-0.2, -0.15) is 11.8 Å². The highest BCUT2D eigenvalue weighted by Gasteiger charge is 2.24. The summed E-state index contributed by atoms with van der Waals surface area (Å²) >= 11 is 1.98. The number of nitrogens with zero attached hydrogens (tertiary/aromatic N) is 1. The molecular formula is C10H19NOS. The Kier molecular flexibility index (Phi) is 3.65. The molecule has 13 heavy (non-hydrogen) atoms. The number of hydrogen-bond acceptors (Lipinski definition) is 2. The Hall–Kier alpha value is -0.180. The van der Waals surface area contributed by atoms with Crippen LogP contribution in [-0.2, 0) is 4.79 Å². The number of hydrogen-bond donors (Lipinski definition) is 0. The second kappa shape index (κ2) is 4.36. The lowest BCUT2D eigenvalue weighted by molar-refractivity contribution is -0.130. The van der Waals surface area contributed by atoms with Crippen molar-refractivity contribution >= 4 is 17.7 Å². The van der Waals surface area contributed by atoms with E-state index in [0.717, 1.165) is 25.3 Å². The summed E-state index contributed by atoms with van der Waals surface area (Å²) in [5.74, 6) is 1.39. The molecule has 2 nitrogen and oxygen atoms in total. The fraction of sp³-hybridized carbons (Fsp3) is 0.900. The molecule has 0 atom stereocenters. The van der Waals surface area contributed by atoms with Gasteiger partial charge in [0.15, 0.2) is 0 Å². The maximum atomic E-state index is 11.4. The van der Waals surface area contributed by atoms with Gasteiger partial charge in [-0.3, -0.25) is 4.79 Å². The predicted octanol–water partition coefficient (Wildman–Crippen LogP) is 2.14. The Morgan fingerprint density at radius 1 is 1.46 bits per heavy atom. The van der Waals surface area contributed by atoms with E-state index in [1.54, 1.807) is 0 Å². The van der Waals surface area contributed by atoms with Crippen molar-refractivity contribution in [1.82, 2.24) is 4.90 Å². The number of carbonyl (C=O) groups is 1. The lowest BCUT2D eigenvalue weighted by atomic mass is 10.1. The Bertz CT molecular complexity index is 191. The molecule has 1 aliphatic rings. The van der Waals surface area contributed by atoms with Gasteiger partial charge in [-0.05, 0) is 6.42 Å². The molecular weight excluding hydrogens is 182 g/mol. The first-order chi connectivity index (χ1) is 6.05. The average molecular weight is 201 g/mol. The molecule has 0 bridgehead atoms. The summed E-state index contributed by atoms with van der Waals surface area (Å²) in [7, 11) is 0. The van der Waals surface area contributed by atoms with Gasteiger partial charge in [-0.25, -0.2) is 0 Å². The monoisotopic (exact) mass is 201 g/mol. The summed E-state index contributed by atoms with van der Waals surface area (Å²) in [5, 5.41) is 0. The van der Waals surface area contributed by atoms with Crippen LogP contribution < -0.4 is 0 Å². The van der Waals surface area contributed by atoms with Crippen LogP contribution in [0, 0.1) is 0 Å². The third-order valence-corrected chi connectivity index (χ3v) is 3.87. The van der Waals surface area contributed by atoms with Crippen LogP contribution in [0.2, 0.25) is 0 Å². The minimum Gasteiger partial charge on any atom is -0.342 e. The third-order valence-electron chi connectivity index (χ3n) is 2.49. The van der Waals surface area contributed by atoms with Crippen molar-refractivity contribution in [2.45, 2.75) is 38.4 Å². The molecule has 0 aromatic carbocycles. The number of amides is 1. The van der Waals surface area contributed by atoms with E-state index in [-0.39, 0.29) is 0 Å². The molecule has 0 radical (unpaired) electrons. The van der Waals surface area contributed by atoms with Gasteiger partial charge in [0.2, 0.25) is 5.91 Å². The van der Waals surface area contributed by atoms with Crippen molar-refractivity contribution in [2.24, 2.45) is 0 Å². The largest absolute Gasteiger partial charge is 0.342 e. The van der Waals surface area contributed by atoms with E-state index < -0.39 is 0 Å². The van der Waals surface area contributed by atoms with Gasteiger partial charge in [0.05, 0.1) is 0 Å². The summed E-state index contributed by atoms with van der Waals surface area (Å²) in [6.45, 7) is 8.33. The lowest BCUT2D eigenvalue weighted by Gasteiger charge is -2.22. The van der Waals surface area contributed by atoms with Crippen molar-refractivity contribution in [3.05, 3.63) is 0 Å². The van der Waals surface area contributed by atoms with Crippen LogP contribution in [0.4, 0.5) is 0 Å². The van der Waals surface area contributed by atoms with Gasteiger partial charge >= 0.3 is 0 Å². The molecule has 0 aliphatic carbocycles. The van der Waals surface area contributed by atoms with Crippen molar-refractivity contribution in [1.29, 1.82) is 0 Å². The van der Waals surface area contributed by atoms with Gasteiger partial charge in [0.25, 0.3) is 0 Å². The topological polar surface area (TPSA) is 20.3 Å². The fourth-order valence-corrected chi connectivity index (χ4v) is 2.59. The van der Waals surface area contributed by atoms with Crippen LogP contribution in [0.5, 0.6) is 0 Å². The second-order valence-electron chi connectivity index (χ2n) is 4.09. The smallest absolute Gasteiger partial charge is 0.222 e. The van der Waals surface area contributed by atoms with Crippen molar-refractivity contribution < 1.29 is 4.79 Å². The van der Waals surface area contributed by atoms with Crippen LogP contribution in [0.25, 0.3) is 0 Å². The van der Waals surface area contributed by atoms with Crippen LogP contribution >= 0.6 is 11.8 Å². The molecule has 1 aliphatic heterocycles. The molecule has 0 spiro atoms. The summed E-state index contributed by atoms with van der Waals surface area (Å²) < 4.78 is 0.350. The van der Waals surface area contributed by atoms with Crippen LogP contribution in [0.3, 0.4) is 0 Å². The van der Waals surface area contributed by atoms with Crippen molar-refractivity contribution in [2.75, 3.05) is 18.8 Å². The fourth-order valence-electron chi connectivity index (χ4n) is 1.49. The highest BCUT2D eigenvalue weighted by molar-refractivity contribution is 8.00. The molecule has 0 aromatic heterocycles. The summed E-state index contributed by atoms with van der Waals surface area (Å²) in [4.78, 5) is 13.4. The van der Waals surface area contributed by atoms with Gasteiger partial charge in [0.1, 0.15) is 0 Å². The molecule has 0 aromatic rings. The lowest BCUT2D eigenvalue weighted by Crippen LogP contribution is -2.32. The Morgan fingerprint density at radius 3 is 2.77 bits per heavy atom. The first-order valence-electron chi connectivity index (χ1n) is 4.97. The van der Waals surface area contributed by atoms with Crippen LogP contribution in [0.1, 0.15) is 33.6 Å². The Balaban J connectivity index is 2.49. The van der Waals surface area contributed by atoms with E-state index in [1.165, 1.54) is 0 Å². The first-order valence-corrected chi connectivity index (χ1v) is 5.95. The number of rotatable bonds is 1. The zero-order valence-electron chi connectivity index (χ0n) is 8.80. The van der Waals surface area contributed by atoms with Gasteiger partial charge in [-0.15, -0.1) is 0 Å². The summed E-state index contributed by atoms with van der Waals surface area (Å²) in [5.41, 5.74) is 0. The second-order valence-corrected chi connectivity index (χ2v) is 5.89. The van der Waals surface area contributed by atoms with E-state index >= 15 is 0 Å². The van der Waals surface area contributed by atoms with Crippen molar-refractivity contribution in [3.63, 3.8) is 0 Å². The van der Waals surface area contributed by atoms with Crippen molar-refractivity contribution in [3.8, 4) is 0 Å². The standard InChI is InChI=1S/C10H19NOS/c1-4-9(12)11-6-5-10(2,3)13-8-7-11/h4-8H2,1-3H3. The van der Waals surface area contributed by atoms with E-state index in [1.807, 2.05) is 23.6 Å².